The van der Waals surface area contributed by atoms with Crippen molar-refractivity contribution >= 4 is 21.9 Å². The quantitative estimate of drug-likeness (QED) is 0.306. The Hall–Kier alpha value is -1.82. The number of imidazole rings is 1. The first-order chi connectivity index (χ1) is 14.5. The van der Waals surface area contributed by atoms with E-state index in [4.69, 9.17) is 9.47 Å². The Balaban J connectivity index is 1.57. The molecule has 1 aliphatic rings. The van der Waals surface area contributed by atoms with Crippen molar-refractivity contribution in [3.8, 4) is 5.75 Å². The van der Waals surface area contributed by atoms with Gasteiger partial charge in [-0.3, -0.25) is 4.79 Å². The van der Waals surface area contributed by atoms with E-state index in [1.807, 2.05) is 13.0 Å². The number of rotatable bonds is 11. The van der Waals surface area contributed by atoms with E-state index in [0.29, 0.717) is 19.6 Å². The Morgan fingerprint density at radius 2 is 2.13 bits per heavy atom. The van der Waals surface area contributed by atoms with Crippen LogP contribution in [-0.4, -0.2) is 28.7 Å². The number of halogens is 1. The van der Waals surface area contributed by atoms with E-state index in [0.717, 1.165) is 48.4 Å². The lowest BCUT2D eigenvalue weighted by Gasteiger charge is -2.13. The van der Waals surface area contributed by atoms with Gasteiger partial charge in [0.15, 0.2) is 4.73 Å². The predicted molar refractivity (Wildman–Crippen MR) is 122 cm³/mol. The summed E-state index contributed by atoms with van der Waals surface area (Å²) in [4.78, 5) is 16.4. The first-order valence-electron chi connectivity index (χ1n) is 11.2. The third-order valence-corrected chi connectivity index (χ3v) is 6.46. The van der Waals surface area contributed by atoms with Crippen molar-refractivity contribution in [2.45, 2.75) is 78.2 Å². The third kappa shape index (κ3) is 5.65. The Labute approximate surface area is 188 Å². The van der Waals surface area contributed by atoms with Crippen LogP contribution in [0.4, 0.5) is 0 Å². The van der Waals surface area contributed by atoms with Crippen LogP contribution in [0.2, 0.25) is 0 Å². The normalized spacial score (nSPS) is 15.3. The van der Waals surface area contributed by atoms with Crippen LogP contribution in [0.15, 0.2) is 22.9 Å². The monoisotopic (exact) mass is 476 g/mol. The molecule has 1 unspecified atom stereocenters. The van der Waals surface area contributed by atoms with Gasteiger partial charge in [0, 0.05) is 18.7 Å². The van der Waals surface area contributed by atoms with Crippen LogP contribution in [0.5, 0.6) is 5.75 Å². The first kappa shape index (κ1) is 22.9. The molecule has 1 aromatic heterocycles. The summed E-state index contributed by atoms with van der Waals surface area (Å²) >= 11 is 3.60. The fraction of sp³-hybridized carbons (Fsp3) is 0.583. The van der Waals surface area contributed by atoms with Gasteiger partial charge in [-0.2, -0.15) is 0 Å². The molecule has 0 N–H and O–H groups in total. The maximum absolute atomic E-state index is 11.8. The van der Waals surface area contributed by atoms with Crippen molar-refractivity contribution in [1.29, 1.82) is 0 Å². The van der Waals surface area contributed by atoms with Crippen LogP contribution < -0.4 is 4.74 Å². The second kappa shape index (κ2) is 11.0. The van der Waals surface area contributed by atoms with Crippen LogP contribution in [0.1, 0.15) is 74.4 Å². The third-order valence-electron chi connectivity index (χ3n) is 5.85. The van der Waals surface area contributed by atoms with Gasteiger partial charge in [-0.1, -0.05) is 25.8 Å². The molecule has 0 radical (unpaired) electrons. The van der Waals surface area contributed by atoms with Crippen molar-refractivity contribution in [3.05, 3.63) is 45.4 Å². The fourth-order valence-electron chi connectivity index (χ4n) is 4.30. The van der Waals surface area contributed by atoms with Crippen molar-refractivity contribution in [2.24, 2.45) is 0 Å². The molecule has 1 aromatic carbocycles. The number of nitrogens with zero attached hydrogens (tertiary/aromatic N) is 2. The molecule has 164 valence electrons. The summed E-state index contributed by atoms with van der Waals surface area (Å²) in [6.07, 6.45) is 6.90. The van der Waals surface area contributed by atoms with Crippen molar-refractivity contribution in [2.75, 3.05) is 13.2 Å². The van der Waals surface area contributed by atoms with Gasteiger partial charge in [0.05, 0.1) is 25.3 Å². The zero-order valence-corrected chi connectivity index (χ0v) is 20.0. The Morgan fingerprint density at radius 1 is 1.30 bits per heavy atom. The van der Waals surface area contributed by atoms with E-state index >= 15 is 0 Å². The summed E-state index contributed by atoms with van der Waals surface area (Å²) in [5, 5.41) is 0. The molecule has 30 heavy (non-hydrogen) atoms. The molecule has 0 saturated carbocycles. The smallest absolute Gasteiger partial charge is 0.306 e. The molecule has 6 heteroatoms. The van der Waals surface area contributed by atoms with Crippen LogP contribution in [0.25, 0.3) is 0 Å². The van der Waals surface area contributed by atoms with Gasteiger partial charge in [-0.15, -0.1) is 0 Å². The van der Waals surface area contributed by atoms with E-state index in [2.05, 4.69) is 51.5 Å². The maximum Gasteiger partial charge on any atom is 0.306 e. The van der Waals surface area contributed by atoms with Gasteiger partial charge < -0.3 is 14.0 Å². The lowest BCUT2D eigenvalue weighted by molar-refractivity contribution is -0.143. The molecule has 3 rings (SSSR count). The van der Waals surface area contributed by atoms with Gasteiger partial charge >= 0.3 is 5.97 Å². The lowest BCUT2D eigenvalue weighted by Crippen LogP contribution is -2.10. The largest absolute Gasteiger partial charge is 0.493 e. The van der Waals surface area contributed by atoms with Gasteiger partial charge in [0.1, 0.15) is 5.75 Å². The number of unbranched alkanes of at least 4 members (excludes halogenated alkanes) is 2. The van der Waals surface area contributed by atoms with E-state index in [-0.39, 0.29) is 11.9 Å². The Bertz CT molecular complexity index is 862. The van der Waals surface area contributed by atoms with Crippen LogP contribution in [0, 0.1) is 6.92 Å². The molecule has 0 fully saturated rings. The summed E-state index contributed by atoms with van der Waals surface area (Å²) in [6.45, 7) is 8.19. The maximum atomic E-state index is 11.8. The number of aryl methyl sites for hydroxylation is 2. The molecule has 5 nitrogen and oxygen atoms in total. The highest BCUT2D eigenvalue weighted by molar-refractivity contribution is 9.10. The number of hydrogen-bond acceptors (Lipinski definition) is 4. The fourth-order valence-corrected chi connectivity index (χ4v) is 4.96. The van der Waals surface area contributed by atoms with Crippen LogP contribution >= 0.6 is 15.9 Å². The molecule has 1 aliphatic carbocycles. The van der Waals surface area contributed by atoms with Crippen LogP contribution in [0.3, 0.4) is 0 Å². The van der Waals surface area contributed by atoms with E-state index in [9.17, 15) is 4.79 Å². The number of carbonyl (C=O) groups is 1. The summed E-state index contributed by atoms with van der Waals surface area (Å²) in [5.41, 5.74) is 4.88. The number of aromatic nitrogens is 2. The van der Waals surface area contributed by atoms with Gasteiger partial charge in [-0.25, -0.2) is 4.98 Å². The number of carbonyl (C=O) groups excluding carboxylic acids is 1. The Kier molecular flexibility index (Phi) is 8.37. The number of esters is 1. The summed E-state index contributed by atoms with van der Waals surface area (Å²) < 4.78 is 14.4. The van der Waals surface area contributed by atoms with Gasteiger partial charge in [0.2, 0.25) is 0 Å². The minimum atomic E-state index is -0.104. The second-order valence-corrected chi connectivity index (χ2v) is 8.68. The summed E-state index contributed by atoms with van der Waals surface area (Å²) in [6, 6.07) is 6.30. The van der Waals surface area contributed by atoms with E-state index in [1.54, 1.807) is 0 Å². The van der Waals surface area contributed by atoms with E-state index < -0.39 is 0 Å². The highest BCUT2D eigenvalue weighted by Gasteiger charge is 2.25. The van der Waals surface area contributed by atoms with E-state index in [1.165, 1.54) is 29.7 Å². The van der Waals surface area contributed by atoms with Gasteiger partial charge in [-0.05, 0) is 78.2 Å². The summed E-state index contributed by atoms with van der Waals surface area (Å²) in [7, 11) is 0. The SMILES string of the molecule is CCCCCn1c(Br)nc(C)c1CCOc1ccc2c(c1)CCC2CC(=O)OCC. The first-order valence-corrected chi connectivity index (χ1v) is 12.0. The number of benzene rings is 1. The lowest BCUT2D eigenvalue weighted by atomic mass is 9.98. The average molecular weight is 477 g/mol. The molecule has 1 atom stereocenters. The van der Waals surface area contributed by atoms with Crippen molar-refractivity contribution in [3.63, 3.8) is 0 Å². The summed E-state index contributed by atoms with van der Waals surface area (Å²) in [5.74, 6) is 1.07. The zero-order valence-electron chi connectivity index (χ0n) is 18.4. The molecule has 2 aromatic rings. The number of ether oxygens (including phenoxy) is 2. The molecule has 0 amide bonds. The molecule has 0 saturated heterocycles. The molecule has 0 bridgehead atoms. The second-order valence-electron chi connectivity index (χ2n) is 7.98. The highest BCUT2D eigenvalue weighted by Crippen LogP contribution is 2.37. The van der Waals surface area contributed by atoms with Crippen molar-refractivity contribution in [1.82, 2.24) is 9.55 Å². The zero-order chi connectivity index (χ0) is 21.5. The molecule has 0 spiro atoms. The predicted octanol–water partition coefficient (Wildman–Crippen LogP) is 5.75. The molecule has 0 aliphatic heterocycles. The molecular weight excluding hydrogens is 444 g/mol. The highest BCUT2D eigenvalue weighted by atomic mass is 79.9. The number of hydrogen-bond donors (Lipinski definition) is 0. The van der Waals surface area contributed by atoms with Crippen molar-refractivity contribution < 1.29 is 14.3 Å². The Morgan fingerprint density at radius 3 is 2.90 bits per heavy atom. The van der Waals surface area contributed by atoms with Crippen LogP contribution in [-0.2, 0) is 28.9 Å². The average Bonchev–Trinajstić information content (AvgIpc) is 3.23. The topological polar surface area (TPSA) is 53.4 Å². The van der Waals surface area contributed by atoms with Gasteiger partial charge in [0.25, 0.3) is 0 Å². The minimum absolute atomic E-state index is 0.104. The minimum Gasteiger partial charge on any atom is -0.493 e. The number of fused-ring (bicyclic) bond motifs is 1. The molecule has 1 heterocycles. The standard InChI is InChI=1S/C24H33BrN2O3/c1-4-6-7-13-27-22(17(3)26-24(27)25)12-14-30-20-10-11-21-18(15-20)8-9-19(21)16-23(28)29-5-2/h10-11,15,19H,4-9,12-14,16H2,1-3H3. The molecular formula is C24H33BrN2O3.